The predicted molar refractivity (Wildman–Crippen MR) is 124 cm³/mol. The summed E-state index contributed by atoms with van der Waals surface area (Å²) in [5.74, 6) is -1.49. The van der Waals surface area contributed by atoms with E-state index in [4.69, 9.17) is 13.9 Å². The number of ether oxygens (including phenoxy) is 2. The first-order valence-corrected chi connectivity index (χ1v) is 11.3. The summed E-state index contributed by atoms with van der Waals surface area (Å²) in [6.45, 7) is 7.80. The number of esters is 1. The zero-order valence-corrected chi connectivity index (χ0v) is 19.4. The Balaban J connectivity index is 1.80. The van der Waals surface area contributed by atoms with Gasteiger partial charge in [0.15, 0.2) is 11.2 Å². The second kappa shape index (κ2) is 9.35. The van der Waals surface area contributed by atoms with E-state index in [1.165, 1.54) is 6.26 Å². The van der Waals surface area contributed by atoms with Gasteiger partial charge in [-0.3, -0.25) is 9.59 Å². The quantitative estimate of drug-likeness (QED) is 0.523. The number of fused-ring (bicyclic) bond motifs is 1. The minimum absolute atomic E-state index is 0.0204. The molecule has 1 aliphatic heterocycles. The number of nitrogens with one attached hydrogen (secondary N) is 1. The van der Waals surface area contributed by atoms with Crippen LogP contribution in [0.15, 0.2) is 56.2 Å². The molecule has 1 aromatic heterocycles. The largest absolute Gasteiger partial charge is 0.464 e. The van der Waals surface area contributed by atoms with Crippen LogP contribution in [0.1, 0.15) is 57.1 Å². The zero-order chi connectivity index (χ0) is 23.7. The molecule has 7 heteroatoms. The molecule has 7 nitrogen and oxygen atoms in total. The lowest BCUT2D eigenvalue weighted by atomic mass is 9.75. The minimum Gasteiger partial charge on any atom is -0.464 e. The lowest BCUT2D eigenvalue weighted by molar-refractivity contribution is -0.141. The van der Waals surface area contributed by atoms with Crippen LogP contribution >= 0.6 is 0 Å². The SMILES string of the molecule is CC1=C(C(=O)OCCOC(C)C)[C@H](c2coc3ccc(C)cc3c2=O)C2=C(CCCC2=O)N1. The molecule has 0 radical (unpaired) electrons. The first-order valence-electron chi connectivity index (χ1n) is 11.3. The monoisotopic (exact) mass is 451 g/mol. The van der Waals surface area contributed by atoms with Crippen molar-refractivity contribution in [2.75, 3.05) is 13.2 Å². The van der Waals surface area contributed by atoms with Gasteiger partial charge in [0.05, 0.1) is 35.9 Å². The maximum Gasteiger partial charge on any atom is 0.336 e. The fourth-order valence-electron chi connectivity index (χ4n) is 4.52. The molecule has 4 rings (SSSR count). The number of hydrogen-bond donors (Lipinski definition) is 1. The van der Waals surface area contributed by atoms with Crippen molar-refractivity contribution in [3.63, 3.8) is 0 Å². The highest BCUT2D eigenvalue weighted by Crippen LogP contribution is 2.41. The van der Waals surface area contributed by atoms with Gasteiger partial charge >= 0.3 is 5.97 Å². The van der Waals surface area contributed by atoms with Crippen LogP contribution in [0, 0.1) is 6.92 Å². The van der Waals surface area contributed by atoms with Crippen molar-refractivity contribution in [2.24, 2.45) is 0 Å². The third-order valence-electron chi connectivity index (χ3n) is 6.03. The molecule has 1 aliphatic carbocycles. The molecule has 33 heavy (non-hydrogen) atoms. The van der Waals surface area contributed by atoms with Crippen molar-refractivity contribution < 1.29 is 23.5 Å². The molecule has 2 aliphatic rings. The Morgan fingerprint density at radius 1 is 1.18 bits per heavy atom. The first-order chi connectivity index (χ1) is 15.8. The van der Waals surface area contributed by atoms with E-state index in [0.717, 1.165) is 17.7 Å². The average Bonchev–Trinajstić information content (AvgIpc) is 2.76. The number of dihydropyridines is 1. The van der Waals surface area contributed by atoms with E-state index in [1.54, 1.807) is 19.1 Å². The van der Waals surface area contributed by atoms with Crippen LogP contribution in [-0.2, 0) is 19.1 Å². The summed E-state index contributed by atoms with van der Waals surface area (Å²) in [5, 5.41) is 3.65. The van der Waals surface area contributed by atoms with E-state index < -0.39 is 11.9 Å². The van der Waals surface area contributed by atoms with Crippen LogP contribution in [0.5, 0.6) is 0 Å². The Morgan fingerprint density at radius 2 is 1.97 bits per heavy atom. The van der Waals surface area contributed by atoms with E-state index in [-0.39, 0.29) is 41.7 Å². The summed E-state index contributed by atoms with van der Waals surface area (Å²) in [4.78, 5) is 39.8. The number of carbonyl (C=O) groups is 2. The summed E-state index contributed by atoms with van der Waals surface area (Å²) < 4.78 is 16.7. The number of ketones is 1. The second-order valence-corrected chi connectivity index (χ2v) is 8.84. The molecule has 1 aromatic carbocycles. The summed E-state index contributed by atoms with van der Waals surface area (Å²) in [6.07, 6.45) is 3.18. The Bertz CT molecular complexity index is 1230. The summed E-state index contributed by atoms with van der Waals surface area (Å²) in [6, 6.07) is 5.38. The van der Waals surface area contributed by atoms with Crippen LogP contribution in [0.2, 0.25) is 0 Å². The number of allylic oxidation sites excluding steroid dienone is 3. The van der Waals surface area contributed by atoms with Crippen LogP contribution < -0.4 is 10.7 Å². The van der Waals surface area contributed by atoms with E-state index in [9.17, 15) is 14.4 Å². The van der Waals surface area contributed by atoms with Gasteiger partial charge in [-0.1, -0.05) is 11.6 Å². The van der Waals surface area contributed by atoms with Gasteiger partial charge in [0.25, 0.3) is 0 Å². The maximum atomic E-state index is 13.6. The van der Waals surface area contributed by atoms with Crippen LogP contribution in [0.25, 0.3) is 11.0 Å². The van der Waals surface area contributed by atoms with Crippen LogP contribution in [0.3, 0.4) is 0 Å². The fourth-order valence-corrected chi connectivity index (χ4v) is 4.52. The maximum absolute atomic E-state index is 13.6. The molecule has 1 N–H and O–H groups in total. The summed E-state index contributed by atoms with van der Waals surface area (Å²) >= 11 is 0. The third kappa shape index (κ3) is 4.50. The second-order valence-electron chi connectivity index (χ2n) is 8.84. The summed E-state index contributed by atoms with van der Waals surface area (Å²) in [5.41, 5.74) is 3.44. The minimum atomic E-state index is -0.839. The third-order valence-corrected chi connectivity index (χ3v) is 6.03. The highest BCUT2D eigenvalue weighted by atomic mass is 16.6. The van der Waals surface area contributed by atoms with Crippen molar-refractivity contribution >= 4 is 22.7 Å². The topological polar surface area (TPSA) is 94.8 Å². The highest BCUT2D eigenvalue weighted by molar-refractivity contribution is 6.04. The fraction of sp³-hybridized carbons (Fsp3) is 0.423. The van der Waals surface area contributed by atoms with Crippen LogP contribution in [0.4, 0.5) is 0 Å². The Hall–Kier alpha value is -3.19. The van der Waals surface area contributed by atoms with E-state index in [1.807, 2.05) is 26.8 Å². The number of hydrogen-bond acceptors (Lipinski definition) is 7. The Labute approximate surface area is 192 Å². The van der Waals surface area contributed by atoms with Gasteiger partial charge in [0.2, 0.25) is 0 Å². The normalized spacial score (nSPS) is 18.6. The Kier molecular flexibility index (Phi) is 6.51. The molecule has 2 aromatic rings. The highest BCUT2D eigenvalue weighted by Gasteiger charge is 2.40. The first kappa shape index (κ1) is 23.0. The van der Waals surface area contributed by atoms with Gasteiger partial charge < -0.3 is 19.2 Å². The molecule has 0 fully saturated rings. The molecule has 0 spiro atoms. The van der Waals surface area contributed by atoms with Crippen molar-refractivity contribution in [3.8, 4) is 0 Å². The van der Waals surface area contributed by atoms with Crippen molar-refractivity contribution in [1.82, 2.24) is 5.32 Å². The molecule has 2 heterocycles. The molecule has 174 valence electrons. The van der Waals surface area contributed by atoms with Gasteiger partial charge in [-0.25, -0.2) is 4.79 Å². The van der Waals surface area contributed by atoms with Gasteiger partial charge in [-0.15, -0.1) is 0 Å². The molecule has 0 saturated carbocycles. The van der Waals surface area contributed by atoms with Crippen molar-refractivity contribution in [3.05, 3.63) is 68.4 Å². The van der Waals surface area contributed by atoms with Gasteiger partial charge in [0, 0.05) is 29.0 Å². The van der Waals surface area contributed by atoms with Crippen LogP contribution in [-0.4, -0.2) is 31.1 Å². The van der Waals surface area contributed by atoms with Gasteiger partial charge in [-0.2, -0.15) is 0 Å². The molecule has 0 amide bonds. The standard InChI is InChI=1S/C26H29NO6/c1-14(2)31-10-11-32-26(30)22-16(4)27-19-6-5-7-20(28)24(19)23(22)18-13-33-21-9-8-15(3)12-17(21)25(18)29/h8-9,12-14,23,27H,5-7,10-11H2,1-4H3/t23-/m0/s1. The van der Waals surface area contributed by atoms with Gasteiger partial charge in [-0.05, 0) is 52.7 Å². The molecule has 1 atom stereocenters. The van der Waals surface area contributed by atoms with E-state index in [2.05, 4.69) is 5.32 Å². The van der Waals surface area contributed by atoms with Crippen molar-refractivity contribution in [2.45, 2.75) is 59.0 Å². The van der Waals surface area contributed by atoms with Gasteiger partial charge in [0.1, 0.15) is 12.2 Å². The van der Waals surface area contributed by atoms with Crippen molar-refractivity contribution in [1.29, 1.82) is 0 Å². The smallest absolute Gasteiger partial charge is 0.336 e. The molecule has 0 saturated heterocycles. The zero-order valence-electron chi connectivity index (χ0n) is 19.4. The number of carbonyl (C=O) groups excluding carboxylic acids is 2. The summed E-state index contributed by atoms with van der Waals surface area (Å²) in [7, 11) is 0. The number of aryl methyl sites for hydroxylation is 1. The molecule has 0 unspecified atom stereocenters. The predicted octanol–water partition coefficient (Wildman–Crippen LogP) is 4.04. The Morgan fingerprint density at radius 3 is 2.73 bits per heavy atom. The lowest BCUT2D eigenvalue weighted by Gasteiger charge is -2.33. The van der Waals surface area contributed by atoms with E-state index in [0.29, 0.717) is 35.1 Å². The number of benzene rings is 1. The molecule has 0 bridgehead atoms. The number of Topliss-reactive ketones (excluding diaryl/α,β-unsaturated/α-hetero) is 1. The van der Waals surface area contributed by atoms with E-state index >= 15 is 0 Å². The lowest BCUT2D eigenvalue weighted by Crippen LogP contribution is -2.36. The average molecular weight is 452 g/mol. The molecular formula is C26H29NO6. The number of rotatable bonds is 6. The molecular weight excluding hydrogens is 422 g/mol.